The Morgan fingerprint density at radius 1 is 0.864 bits per heavy atom. The van der Waals surface area contributed by atoms with E-state index < -0.39 is 48.4 Å². The molecule has 0 saturated carbocycles. The van der Waals surface area contributed by atoms with Crippen molar-refractivity contribution in [2.75, 3.05) is 6.67 Å². The van der Waals surface area contributed by atoms with Crippen molar-refractivity contribution in [2.24, 2.45) is 0 Å². The molecule has 130 valence electrons. The molecule has 1 saturated heterocycles. The van der Waals surface area contributed by atoms with Gasteiger partial charge in [-0.15, -0.1) is 0 Å². The zero-order chi connectivity index (χ0) is 17.8. The summed E-state index contributed by atoms with van der Waals surface area (Å²) in [5, 5.41) is 0. The van der Waals surface area contributed by atoms with Crippen LogP contribution >= 0.6 is 0 Å². The number of halogens is 12. The third kappa shape index (κ3) is 2.14. The quantitative estimate of drug-likeness (QED) is 0.703. The first-order valence-electron chi connectivity index (χ1n) is 4.77. The SMILES string of the molecule is FCC(F)(F)C(F)(F)C1(F)C(F)(F)OC(=C(F)F)OC1(F)F. The summed E-state index contributed by atoms with van der Waals surface area (Å²) in [5.74, 6) is -16.5. The molecule has 0 aliphatic carbocycles. The van der Waals surface area contributed by atoms with Crippen molar-refractivity contribution in [3.05, 3.63) is 12.0 Å². The van der Waals surface area contributed by atoms with Crippen LogP contribution in [0.2, 0.25) is 0 Å². The Morgan fingerprint density at radius 3 is 1.50 bits per heavy atom. The van der Waals surface area contributed by atoms with Crippen LogP contribution in [-0.2, 0) is 9.47 Å². The minimum absolute atomic E-state index is 2.50. The summed E-state index contributed by atoms with van der Waals surface area (Å²) in [5.41, 5.74) is -6.98. The van der Waals surface area contributed by atoms with E-state index in [0.717, 1.165) is 0 Å². The fourth-order valence-electron chi connectivity index (χ4n) is 1.34. The van der Waals surface area contributed by atoms with Gasteiger partial charge in [-0.1, -0.05) is 0 Å². The number of hydrogen-bond acceptors (Lipinski definition) is 2. The third-order valence-corrected chi connectivity index (χ3v) is 2.46. The van der Waals surface area contributed by atoms with Crippen LogP contribution in [0.15, 0.2) is 12.0 Å². The molecule has 0 radical (unpaired) electrons. The fourth-order valence-corrected chi connectivity index (χ4v) is 1.34. The van der Waals surface area contributed by atoms with Crippen molar-refractivity contribution in [3.8, 4) is 0 Å². The average Bonchev–Trinajstić information content (AvgIpc) is 2.33. The summed E-state index contributed by atoms with van der Waals surface area (Å²) >= 11 is 0. The average molecular weight is 358 g/mol. The van der Waals surface area contributed by atoms with Gasteiger partial charge in [0.05, 0.1) is 0 Å². The highest BCUT2D eigenvalue weighted by atomic mass is 19.3. The maximum atomic E-state index is 13.6. The molecule has 0 N–H and O–H groups in total. The monoisotopic (exact) mass is 358 g/mol. The van der Waals surface area contributed by atoms with Crippen LogP contribution in [0.25, 0.3) is 0 Å². The van der Waals surface area contributed by atoms with E-state index in [1.807, 2.05) is 0 Å². The molecular weight excluding hydrogens is 356 g/mol. The van der Waals surface area contributed by atoms with E-state index in [9.17, 15) is 52.7 Å². The topological polar surface area (TPSA) is 18.5 Å². The van der Waals surface area contributed by atoms with Gasteiger partial charge < -0.3 is 9.47 Å². The van der Waals surface area contributed by atoms with Crippen molar-refractivity contribution in [3.63, 3.8) is 0 Å². The lowest BCUT2D eigenvalue weighted by Gasteiger charge is -2.45. The molecule has 1 rings (SSSR count). The Kier molecular flexibility index (Phi) is 4.00. The summed E-state index contributed by atoms with van der Waals surface area (Å²) in [6, 6.07) is 0. The lowest BCUT2D eigenvalue weighted by atomic mass is 9.89. The molecule has 0 atom stereocenters. The number of alkyl halides is 10. The van der Waals surface area contributed by atoms with Gasteiger partial charge in [0.2, 0.25) is 0 Å². The van der Waals surface area contributed by atoms with Gasteiger partial charge in [0, 0.05) is 0 Å². The van der Waals surface area contributed by atoms with Crippen LogP contribution in [-0.4, -0.2) is 36.4 Å². The summed E-state index contributed by atoms with van der Waals surface area (Å²) in [6.45, 7) is -3.52. The van der Waals surface area contributed by atoms with Crippen LogP contribution in [0, 0.1) is 0 Å². The zero-order valence-electron chi connectivity index (χ0n) is 9.56. The van der Waals surface area contributed by atoms with Crippen molar-refractivity contribution in [2.45, 2.75) is 29.7 Å². The van der Waals surface area contributed by atoms with E-state index in [1.54, 1.807) is 0 Å². The summed E-state index contributed by atoms with van der Waals surface area (Å²) < 4.78 is 158. The van der Waals surface area contributed by atoms with Gasteiger partial charge >= 0.3 is 41.8 Å². The lowest BCUT2D eigenvalue weighted by molar-refractivity contribution is -0.502. The van der Waals surface area contributed by atoms with Crippen LogP contribution in [0.1, 0.15) is 0 Å². The maximum Gasteiger partial charge on any atom is 0.452 e. The minimum atomic E-state index is -7.10. The molecule has 0 aromatic rings. The molecule has 2 nitrogen and oxygen atoms in total. The molecule has 0 unspecified atom stereocenters. The van der Waals surface area contributed by atoms with Crippen molar-refractivity contribution in [1.82, 2.24) is 0 Å². The first kappa shape index (κ1) is 18.5. The molecule has 1 aliphatic rings. The second-order valence-electron chi connectivity index (χ2n) is 3.86. The second kappa shape index (κ2) is 4.75. The Morgan fingerprint density at radius 2 is 1.23 bits per heavy atom. The van der Waals surface area contributed by atoms with Gasteiger partial charge in [0.15, 0.2) is 6.67 Å². The molecular formula is C8H2F12O2. The Bertz CT molecular complexity index is 460. The summed E-state index contributed by atoms with van der Waals surface area (Å²) in [4.78, 5) is 0. The molecule has 1 aliphatic heterocycles. The Labute approximate surface area is 112 Å². The molecule has 0 bridgehead atoms. The summed E-state index contributed by atoms with van der Waals surface area (Å²) in [6.07, 6.45) is -16.8. The maximum absolute atomic E-state index is 13.6. The van der Waals surface area contributed by atoms with E-state index in [4.69, 9.17) is 0 Å². The van der Waals surface area contributed by atoms with Gasteiger partial charge in [-0.05, 0) is 0 Å². The van der Waals surface area contributed by atoms with Gasteiger partial charge in [0.25, 0.3) is 0 Å². The van der Waals surface area contributed by atoms with Crippen molar-refractivity contribution >= 4 is 0 Å². The highest BCUT2D eigenvalue weighted by Gasteiger charge is 2.93. The van der Waals surface area contributed by atoms with E-state index >= 15 is 0 Å². The highest BCUT2D eigenvalue weighted by molar-refractivity contribution is 5.15. The lowest BCUT2D eigenvalue weighted by Crippen LogP contribution is -2.75. The van der Waals surface area contributed by atoms with E-state index in [2.05, 4.69) is 9.47 Å². The van der Waals surface area contributed by atoms with Gasteiger partial charge in [0.1, 0.15) is 0 Å². The predicted octanol–water partition coefficient (Wildman–Crippen LogP) is 4.23. The second-order valence-corrected chi connectivity index (χ2v) is 3.86. The first-order chi connectivity index (χ1) is 9.57. The normalized spacial score (nSPS) is 27.9. The Hall–Kier alpha value is -1.50. The van der Waals surface area contributed by atoms with Gasteiger partial charge in [-0.3, -0.25) is 0 Å². The molecule has 14 heteroatoms. The van der Waals surface area contributed by atoms with Gasteiger partial charge in [-0.25, -0.2) is 8.78 Å². The number of rotatable bonds is 3. The van der Waals surface area contributed by atoms with Gasteiger partial charge in [-0.2, -0.15) is 43.9 Å². The van der Waals surface area contributed by atoms with Crippen LogP contribution in [0.4, 0.5) is 52.7 Å². The van der Waals surface area contributed by atoms with E-state index in [1.165, 1.54) is 0 Å². The standard InChI is InChI=1S/C8H2F12O2/c9-1-4(12,13)6(15,16)5(14)7(17,18)21-3(2(10)11)22-8(5,19)20/h1H2. The zero-order valence-corrected chi connectivity index (χ0v) is 9.56. The van der Waals surface area contributed by atoms with Crippen molar-refractivity contribution in [1.29, 1.82) is 0 Å². The first-order valence-corrected chi connectivity index (χ1v) is 4.77. The van der Waals surface area contributed by atoms with Crippen molar-refractivity contribution < 1.29 is 62.2 Å². The van der Waals surface area contributed by atoms with E-state index in [0.29, 0.717) is 0 Å². The molecule has 0 spiro atoms. The molecule has 1 fully saturated rings. The number of ether oxygens (including phenoxy) is 2. The smallest absolute Gasteiger partial charge is 0.393 e. The highest BCUT2D eigenvalue weighted by Crippen LogP contribution is 2.62. The Balaban J connectivity index is 3.59. The molecule has 0 amide bonds. The predicted molar refractivity (Wildman–Crippen MR) is 41.0 cm³/mol. The molecule has 1 heterocycles. The third-order valence-electron chi connectivity index (χ3n) is 2.46. The largest absolute Gasteiger partial charge is 0.452 e. The van der Waals surface area contributed by atoms with Crippen LogP contribution in [0.5, 0.6) is 0 Å². The minimum Gasteiger partial charge on any atom is -0.393 e. The van der Waals surface area contributed by atoms with E-state index in [-0.39, 0.29) is 0 Å². The van der Waals surface area contributed by atoms with Crippen LogP contribution < -0.4 is 0 Å². The summed E-state index contributed by atoms with van der Waals surface area (Å²) in [7, 11) is 0. The molecule has 22 heavy (non-hydrogen) atoms. The fraction of sp³-hybridized carbons (Fsp3) is 0.750. The molecule has 0 aromatic heterocycles. The van der Waals surface area contributed by atoms with Crippen LogP contribution in [0.3, 0.4) is 0 Å². The number of hydrogen-bond donors (Lipinski definition) is 0. The molecule has 0 aromatic carbocycles.